The number of benzene rings is 2. The summed E-state index contributed by atoms with van der Waals surface area (Å²) < 4.78 is 35.0. The van der Waals surface area contributed by atoms with Crippen LogP contribution in [0.1, 0.15) is 11.1 Å². The Morgan fingerprint density at radius 3 is 2.43 bits per heavy atom. The van der Waals surface area contributed by atoms with Gasteiger partial charge in [0, 0.05) is 5.56 Å². The van der Waals surface area contributed by atoms with Crippen LogP contribution in [-0.2, 0) is 10.0 Å². The Labute approximate surface area is 135 Å². The van der Waals surface area contributed by atoms with E-state index < -0.39 is 10.0 Å². The molecule has 0 unspecified atom stereocenters. The van der Waals surface area contributed by atoms with Crippen LogP contribution >= 0.6 is 0 Å². The summed E-state index contributed by atoms with van der Waals surface area (Å²) in [5.74, 6) is 0.860. The van der Waals surface area contributed by atoms with Gasteiger partial charge in [0.05, 0.1) is 20.4 Å². The summed E-state index contributed by atoms with van der Waals surface area (Å²) in [6, 6.07) is 12.1. The molecule has 23 heavy (non-hydrogen) atoms. The van der Waals surface area contributed by atoms with Crippen molar-refractivity contribution in [3.63, 3.8) is 0 Å². The van der Waals surface area contributed by atoms with Crippen molar-refractivity contribution in [2.75, 3.05) is 14.2 Å². The summed E-state index contributed by atoms with van der Waals surface area (Å²) in [6.45, 7) is 1.80. The Kier molecular flexibility index (Phi) is 5.23. The molecule has 122 valence electrons. The average Bonchev–Trinajstić information content (AvgIpc) is 2.55. The Hall–Kier alpha value is -2.54. The maximum absolute atomic E-state index is 12.4. The van der Waals surface area contributed by atoms with Crippen molar-refractivity contribution in [1.29, 1.82) is 0 Å². The van der Waals surface area contributed by atoms with E-state index in [1.807, 2.05) is 12.1 Å². The van der Waals surface area contributed by atoms with Crippen LogP contribution in [-0.4, -0.2) is 28.9 Å². The molecule has 0 aromatic heterocycles. The minimum absolute atomic E-state index is 0.0391. The summed E-state index contributed by atoms with van der Waals surface area (Å²) in [5.41, 5.74) is 1.47. The van der Waals surface area contributed by atoms with Crippen molar-refractivity contribution in [3.05, 3.63) is 53.6 Å². The van der Waals surface area contributed by atoms with Gasteiger partial charge in [0.1, 0.15) is 16.4 Å². The fourth-order valence-corrected chi connectivity index (χ4v) is 3.03. The van der Waals surface area contributed by atoms with Crippen LogP contribution in [0.5, 0.6) is 11.5 Å². The Balaban J connectivity index is 2.25. The lowest BCUT2D eigenvalue weighted by Gasteiger charge is -2.09. The van der Waals surface area contributed by atoms with Gasteiger partial charge in [-0.1, -0.05) is 18.2 Å². The maximum Gasteiger partial charge on any atom is 0.280 e. The molecule has 2 aromatic rings. The quantitative estimate of drug-likeness (QED) is 0.650. The molecule has 0 heterocycles. The van der Waals surface area contributed by atoms with Crippen molar-refractivity contribution < 1.29 is 17.9 Å². The molecule has 0 aliphatic carbocycles. The molecule has 7 heteroatoms. The predicted octanol–water partition coefficient (Wildman–Crippen LogP) is 2.32. The summed E-state index contributed by atoms with van der Waals surface area (Å²) >= 11 is 0. The van der Waals surface area contributed by atoms with Crippen LogP contribution in [0.25, 0.3) is 0 Å². The number of hydrogen-bond acceptors (Lipinski definition) is 5. The van der Waals surface area contributed by atoms with Crippen molar-refractivity contribution in [2.24, 2.45) is 5.10 Å². The Morgan fingerprint density at radius 2 is 1.74 bits per heavy atom. The molecule has 0 saturated carbocycles. The van der Waals surface area contributed by atoms with Gasteiger partial charge in [-0.2, -0.15) is 18.4 Å². The molecule has 6 nitrogen and oxygen atoms in total. The molecule has 1 N–H and O–H groups in total. The molecule has 0 radical (unpaired) electrons. The highest BCUT2D eigenvalue weighted by atomic mass is 32.2. The summed E-state index contributed by atoms with van der Waals surface area (Å²) in [7, 11) is -0.874. The van der Waals surface area contributed by atoms with Crippen LogP contribution in [0.15, 0.2) is 52.5 Å². The molecule has 0 bridgehead atoms. The molecule has 0 aliphatic heterocycles. The van der Waals surface area contributed by atoms with Gasteiger partial charge in [-0.05, 0) is 36.8 Å². The monoisotopic (exact) mass is 334 g/mol. The van der Waals surface area contributed by atoms with Crippen LogP contribution in [0.2, 0.25) is 0 Å². The van der Waals surface area contributed by atoms with Gasteiger partial charge in [0.2, 0.25) is 0 Å². The lowest BCUT2D eigenvalue weighted by Crippen LogP contribution is -2.19. The SMILES string of the molecule is COc1ccccc1/C=N/NS(=O)(=O)c1cc(C)ccc1OC. The van der Waals surface area contributed by atoms with Crippen LogP contribution in [0.3, 0.4) is 0 Å². The number of hydrazone groups is 1. The third-order valence-electron chi connectivity index (χ3n) is 3.12. The maximum atomic E-state index is 12.4. The first-order valence-electron chi connectivity index (χ1n) is 6.80. The van der Waals surface area contributed by atoms with E-state index in [1.54, 1.807) is 31.2 Å². The molecule has 2 aromatic carbocycles. The van der Waals surface area contributed by atoms with E-state index in [1.165, 1.54) is 26.5 Å². The fraction of sp³-hybridized carbons (Fsp3) is 0.188. The van der Waals surface area contributed by atoms with Crippen LogP contribution < -0.4 is 14.3 Å². The number of nitrogens with one attached hydrogen (secondary N) is 1. The highest BCUT2D eigenvalue weighted by Crippen LogP contribution is 2.24. The van der Waals surface area contributed by atoms with E-state index in [-0.39, 0.29) is 10.6 Å². The lowest BCUT2D eigenvalue weighted by molar-refractivity contribution is 0.402. The smallest absolute Gasteiger partial charge is 0.280 e. The number of para-hydroxylation sites is 1. The lowest BCUT2D eigenvalue weighted by atomic mass is 10.2. The predicted molar refractivity (Wildman–Crippen MR) is 88.6 cm³/mol. The molecule has 0 fully saturated rings. The number of aryl methyl sites for hydroxylation is 1. The minimum atomic E-state index is -3.83. The molecule has 2 rings (SSSR count). The van der Waals surface area contributed by atoms with Crippen molar-refractivity contribution in [3.8, 4) is 11.5 Å². The molecule has 0 amide bonds. The first-order valence-corrected chi connectivity index (χ1v) is 8.29. The number of sulfonamides is 1. The standard InChI is InChI=1S/C16H18N2O4S/c1-12-8-9-15(22-3)16(10-12)23(19,20)18-17-11-13-6-4-5-7-14(13)21-2/h4-11,18H,1-3H3/b17-11+. The van der Waals surface area contributed by atoms with Crippen molar-refractivity contribution >= 4 is 16.2 Å². The van der Waals surface area contributed by atoms with Gasteiger partial charge in [-0.15, -0.1) is 0 Å². The van der Waals surface area contributed by atoms with E-state index in [2.05, 4.69) is 9.93 Å². The summed E-state index contributed by atoms with van der Waals surface area (Å²) in [6.07, 6.45) is 1.39. The zero-order valence-corrected chi connectivity index (χ0v) is 13.9. The van der Waals surface area contributed by atoms with Gasteiger partial charge in [-0.25, -0.2) is 0 Å². The second-order valence-corrected chi connectivity index (χ2v) is 6.38. The number of ether oxygens (including phenoxy) is 2. The van der Waals surface area contributed by atoms with E-state index in [0.717, 1.165) is 5.56 Å². The van der Waals surface area contributed by atoms with E-state index >= 15 is 0 Å². The Bertz CT molecular complexity index is 817. The summed E-state index contributed by atoms with van der Waals surface area (Å²) in [5, 5.41) is 3.80. The third-order valence-corrected chi connectivity index (χ3v) is 4.37. The van der Waals surface area contributed by atoms with Gasteiger partial charge >= 0.3 is 0 Å². The highest BCUT2D eigenvalue weighted by molar-refractivity contribution is 7.89. The zero-order valence-electron chi connectivity index (χ0n) is 13.1. The highest BCUT2D eigenvalue weighted by Gasteiger charge is 2.18. The molecule has 0 aliphatic rings. The zero-order chi connectivity index (χ0) is 16.9. The normalized spacial score (nSPS) is 11.4. The largest absolute Gasteiger partial charge is 0.496 e. The minimum Gasteiger partial charge on any atom is -0.496 e. The number of hydrogen-bond donors (Lipinski definition) is 1. The van der Waals surface area contributed by atoms with E-state index in [9.17, 15) is 8.42 Å². The number of methoxy groups -OCH3 is 2. The second-order valence-electron chi connectivity index (χ2n) is 4.75. The molecule has 0 atom stereocenters. The van der Waals surface area contributed by atoms with Gasteiger partial charge in [-0.3, -0.25) is 0 Å². The third kappa shape index (κ3) is 4.01. The molecule has 0 spiro atoms. The number of rotatable bonds is 6. The second kappa shape index (κ2) is 7.15. The van der Waals surface area contributed by atoms with Gasteiger partial charge < -0.3 is 9.47 Å². The molecular weight excluding hydrogens is 316 g/mol. The van der Waals surface area contributed by atoms with Gasteiger partial charge in [0.15, 0.2) is 0 Å². The van der Waals surface area contributed by atoms with Gasteiger partial charge in [0.25, 0.3) is 10.0 Å². The van der Waals surface area contributed by atoms with Crippen molar-refractivity contribution in [1.82, 2.24) is 4.83 Å². The molecule has 0 saturated heterocycles. The van der Waals surface area contributed by atoms with Crippen molar-refractivity contribution in [2.45, 2.75) is 11.8 Å². The Morgan fingerprint density at radius 1 is 1.04 bits per heavy atom. The first-order chi connectivity index (χ1) is 11.0. The average molecular weight is 334 g/mol. The topological polar surface area (TPSA) is 77.0 Å². The summed E-state index contributed by atoms with van der Waals surface area (Å²) in [4.78, 5) is 2.22. The van der Waals surface area contributed by atoms with Crippen LogP contribution in [0, 0.1) is 6.92 Å². The van der Waals surface area contributed by atoms with E-state index in [4.69, 9.17) is 9.47 Å². The number of nitrogens with zero attached hydrogens (tertiary/aromatic N) is 1. The fourth-order valence-electron chi connectivity index (χ4n) is 1.98. The molecular formula is C16H18N2O4S. The first kappa shape index (κ1) is 16.8. The van der Waals surface area contributed by atoms with Crippen LogP contribution in [0.4, 0.5) is 0 Å². The van der Waals surface area contributed by atoms with E-state index in [0.29, 0.717) is 11.3 Å².